The topological polar surface area (TPSA) is 45.1 Å². The van der Waals surface area contributed by atoms with Crippen molar-refractivity contribution in [1.29, 1.82) is 0 Å². The van der Waals surface area contributed by atoms with E-state index < -0.39 is 0 Å². The molecule has 1 aliphatic heterocycles. The van der Waals surface area contributed by atoms with E-state index in [1.165, 1.54) is 27.1 Å². The van der Waals surface area contributed by atoms with Crippen LogP contribution in [0.1, 0.15) is 6.04 Å². The van der Waals surface area contributed by atoms with Crippen LogP contribution in [-0.2, 0) is 0 Å². The number of anilines is 2. The number of benzene rings is 2. The van der Waals surface area contributed by atoms with Gasteiger partial charge in [-0.1, -0.05) is 30.3 Å². The minimum absolute atomic E-state index is 0.447. The Morgan fingerprint density at radius 2 is 1.90 bits per heavy atom. The van der Waals surface area contributed by atoms with Crippen LogP contribution in [0.2, 0.25) is 0 Å². The van der Waals surface area contributed by atoms with E-state index in [0.717, 1.165) is 24.4 Å². The molecule has 5 rings (SSSR count). The van der Waals surface area contributed by atoms with E-state index in [0.29, 0.717) is 6.04 Å². The van der Waals surface area contributed by atoms with Crippen molar-refractivity contribution in [3.63, 3.8) is 0 Å². The summed E-state index contributed by atoms with van der Waals surface area (Å²) in [5.74, 6) is 0. The summed E-state index contributed by atoms with van der Waals surface area (Å²) in [5.41, 5.74) is 5.73. The Morgan fingerprint density at radius 1 is 1.07 bits per heavy atom. The van der Waals surface area contributed by atoms with Crippen LogP contribution in [0.3, 0.4) is 0 Å². The fourth-order valence-electron chi connectivity index (χ4n) is 3.78. The fraction of sp³-hybridized carbons (Fsp3) is 0.208. The van der Waals surface area contributed by atoms with Crippen molar-refractivity contribution in [3.8, 4) is 11.1 Å². The summed E-state index contributed by atoms with van der Waals surface area (Å²) in [6.45, 7) is 1.97. The van der Waals surface area contributed by atoms with Gasteiger partial charge in [-0.2, -0.15) is 0 Å². The highest BCUT2D eigenvalue weighted by atomic mass is 32.2. The SMILES string of the molecule is CN(C)c1cccc(-c2cn(C3CNC3)c3nccc(NSc4ccccc4)c23)c1. The summed E-state index contributed by atoms with van der Waals surface area (Å²) in [4.78, 5) is 8.10. The molecule has 4 aromatic rings. The number of fused-ring (bicyclic) bond motifs is 1. The highest BCUT2D eigenvalue weighted by Crippen LogP contribution is 2.39. The van der Waals surface area contributed by atoms with Crippen LogP contribution in [0, 0.1) is 0 Å². The van der Waals surface area contributed by atoms with Gasteiger partial charge in [-0.05, 0) is 47.8 Å². The smallest absolute Gasteiger partial charge is 0.142 e. The lowest BCUT2D eigenvalue weighted by molar-refractivity contribution is 0.350. The molecule has 152 valence electrons. The second kappa shape index (κ2) is 8.05. The molecule has 0 amide bonds. The first-order valence-corrected chi connectivity index (χ1v) is 11.0. The van der Waals surface area contributed by atoms with Crippen LogP contribution < -0.4 is 14.9 Å². The van der Waals surface area contributed by atoms with Crippen molar-refractivity contribution in [2.75, 3.05) is 36.8 Å². The quantitative estimate of drug-likeness (QED) is 0.432. The van der Waals surface area contributed by atoms with Gasteiger partial charge in [0.1, 0.15) is 5.65 Å². The Morgan fingerprint density at radius 3 is 2.63 bits per heavy atom. The van der Waals surface area contributed by atoms with Crippen molar-refractivity contribution in [2.24, 2.45) is 0 Å². The lowest BCUT2D eigenvalue weighted by atomic mass is 10.0. The molecule has 0 saturated carbocycles. The standard InChI is InChI=1S/C24H25N5S/c1-28(2)18-8-6-7-17(13-18)21-16-29(19-14-25-15-19)24-23(21)22(11-12-26-24)27-30-20-9-4-3-5-10-20/h3-13,16,19,25H,14-15H2,1-2H3,(H,26,27). The van der Waals surface area contributed by atoms with E-state index in [4.69, 9.17) is 4.98 Å². The third kappa shape index (κ3) is 3.53. The maximum absolute atomic E-state index is 4.78. The van der Waals surface area contributed by atoms with Crippen LogP contribution in [0.5, 0.6) is 0 Å². The Hall–Kier alpha value is -2.96. The number of nitrogens with one attached hydrogen (secondary N) is 2. The van der Waals surface area contributed by atoms with Gasteiger partial charge in [-0.25, -0.2) is 4.98 Å². The van der Waals surface area contributed by atoms with Crippen molar-refractivity contribution < 1.29 is 0 Å². The van der Waals surface area contributed by atoms with Gasteiger partial charge in [-0.3, -0.25) is 0 Å². The third-order valence-electron chi connectivity index (χ3n) is 5.56. The highest BCUT2D eigenvalue weighted by Gasteiger charge is 2.24. The monoisotopic (exact) mass is 415 g/mol. The van der Waals surface area contributed by atoms with Crippen molar-refractivity contribution in [3.05, 3.63) is 73.1 Å². The maximum Gasteiger partial charge on any atom is 0.142 e. The molecule has 1 fully saturated rings. The Balaban J connectivity index is 1.62. The average Bonchev–Trinajstić information content (AvgIpc) is 3.12. The molecule has 1 aliphatic rings. The molecule has 0 unspecified atom stereocenters. The second-order valence-corrected chi connectivity index (χ2v) is 8.66. The third-order valence-corrected chi connectivity index (χ3v) is 6.39. The number of hydrogen-bond donors (Lipinski definition) is 2. The minimum atomic E-state index is 0.447. The van der Waals surface area contributed by atoms with Gasteiger partial charge in [0.25, 0.3) is 0 Å². The first kappa shape index (κ1) is 19.0. The van der Waals surface area contributed by atoms with Gasteiger partial charge < -0.3 is 19.5 Å². The minimum Gasteiger partial charge on any atom is -0.378 e. The lowest BCUT2D eigenvalue weighted by Crippen LogP contribution is -2.43. The molecule has 0 spiro atoms. The second-order valence-electron chi connectivity index (χ2n) is 7.78. The molecule has 0 atom stereocenters. The zero-order valence-corrected chi connectivity index (χ0v) is 18.0. The molecule has 3 heterocycles. The Kier molecular flexibility index (Phi) is 5.11. The van der Waals surface area contributed by atoms with E-state index in [2.05, 4.69) is 94.4 Å². The number of hydrogen-bond acceptors (Lipinski definition) is 5. The van der Waals surface area contributed by atoms with Crippen LogP contribution >= 0.6 is 11.9 Å². The normalized spacial score (nSPS) is 13.9. The van der Waals surface area contributed by atoms with E-state index >= 15 is 0 Å². The number of aromatic nitrogens is 2. The van der Waals surface area contributed by atoms with Crippen LogP contribution in [0.15, 0.2) is 78.0 Å². The lowest BCUT2D eigenvalue weighted by Gasteiger charge is -2.29. The largest absolute Gasteiger partial charge is 0.378 e. The Labute approximate surface area is 181 Å². The van der Waals surface area contributed by atoms with Crippen molar-refractivity contribution in [1.82, 2.24) is 14.9 Å². The molecule has 5 nitrogen and oxygen atoms in total. The number of rotatable bonds is 6. The van der Waals surface area contributed by atoms with Gasteiger partial charge in [0.05, 0.1) is 17.1 Å². The molecule has 1 saturated heterocycles. The molecule has 6 heteroatoms. The summed E-state index contributed by atoms with van der Waals surface area (Å²) in [6, 6.07) is 21.6. The van der Waals surface area contributed by atoms with Gasteiger partial charge in [0.15, 0.2) is 0 Å². The van der Waals surface area contributed by atoms with Crippen LogP contribution in [0.25, 0.3) is 22.2 Å². The van der Waals surface area contributed by atoms with E-state index in [1.807, 2.05) is 12.3 Å². The fourth-order valence-corrected chi connectivity index (χ4v) is 4.47. The summed E-state index contributed by atoms with van der Waals surface area (Å²) in [5, 5.41) is 4.55. The van der Waals surface area contributed by atoms with Crippen molar-refractivity contribution in [2.45, 2.75) is 10.9 Å². The van der Waals surface area contributed by atoms with Crippen LogP contribution in [0.4, 0.5) is 11.4 Å². The zero-order valence-electron chi connectivity index (χ0n) is 17.2. The molecule has 0 bridgehead atoms. The predicted octanol–water partition coefficient (Wildman–Crippen LogP) is 5.03. The average molecular weight is 416 g/mol. The summed E-state index contributed by atoms with van der Waals surface area (Å²) < 4.78 is 5.91. The number of pyridine rings is 1. The number of nitrogens with zero attached hydrogens (tertiary/aromatic N) is 3. The summed E-state index contributed by atoms with van der Waals surface area (Å²) in [6.07, 6.45) is 4.18. The summed E-state index contributed by atoms with van der Waals surface area (Å²) in [7, 11) is 4.15. The van der Waals surface area contributed by atoms with E-state index in [9.17, 15) is 0 Å². The van der Waals surface area contributed by atoms with E-state index in [-0.39, 0.29) is 0 Å². The van der Waals surface area contributed by atoms with Gasteiger partial charge in [0.2, 0.25) is 0 Å². The molecule has 2 N–H and O–H groups in total. The van der Waals surface area contributed by atoms with Gasteiger partial charge in [0, 0.05) is 55.7 Å². The molecule has 0 aliphatic carbocycles. The highest BCUT2D eigenvalue weighted by molar-refractivity contribution is 8.00. The van der Waals surface area contributed by atoms with Gasteiger partial charge in [-0.15, -0.1) is 0 Å². The zero-order chi connectivity index (χ0) is 20.5. The maximum atomic E-state index is 4.78. The molecule has 2 aromatic carbocycles. The first-order chi connectivity index (χ1) is 14.7. The molecule has 2 aromatic heterocycles. The molecule has 30 heavy (non-hydrogen) atoms. The molecular weight excluding hydrogens is 390 g/mol. The van der Waals surface area contributed by atoms with Gasteiger partial charge >= 0.3 is 0 Å². The Bertz CT molecular complexity index is 1160. The molecule has 0 radical (unpaired) electrons. The predicted molar refractivity (Wildman–Crippen MR) is 127 cm³/mol. The van der Waals surface area contributed by atoms with Crippen LogP contribution in [-0.4, -0.2) is 36.7 Å². The van der Waals surface area contributed by atoms with E-state index in [1.54, 1.807) is 11.9 Å². The van der Waals surface area contributed by atoms with Crippen molar-refractivity contribution >= 4 is 34.4 Å². The first-order valence-electron chi connectivity index (χ1n) is 10.2. The summed E-state index contributed by atoms with van der Waals surface area (Å²) >= 11 is 1.63. The molecular formula is C24H25N5S.